The number of aromatic nitrogens is 2. The van der Waals surface area contributed by atoms with Gasteiger partial charge in [0.25, 0.3) is 0 Å². The Hall–Kier alpha value is -0.980. The highest BCUT2D eigenvalue weighted by Crippen LogP contribution is 2.22. The molecule has 0 aromatic carbocycles. The normalized spacial score (nSPS) is 22.6. The van der Waals surface area contributed by atoms with E-state index in [9.17, 15) is 0 Å². The van der Waals surface area contributed by atoms with Crippen molar-refractivity contribution in [2.24, 2.45) is 5.73 Å². The van der Waals surface area contributed by atoms with Crippen LogP contribution in [0.15, 0.2) is 4.52 Å². The van der Waals surface area contributed by atoms with Crippen molar-refractivity contribution >= 4 is 0 Å². The molecule has 1 aliphatic heterocycles. The molecule has 1 aliphatic rings. The van der Waals surface area contributed by atoms with Crippen LogP contribution < -0.4 is 5.73 Å². The minimum absolute atomic E-state index is 0.0930. The van der Waals surface area contributed by atoms with Crippen LogP contribution in [0.4, 0.5) is 0 Å². The molecule has 0 aliphatic carbocycles. The fraction of sp³-hybridized carbons (Fsp3) is 0.846. The first kappa shape index (κ1) is 14.4. The molecule has 0 radical (unpaired) electrons. The Morgan fingerprint density at radius 1 is 1.47 bits per heavy atom. The van der Waals surface area contributed by atoms with E-state index in [2.05, 4.69) is 28.9 Å². The van der Waals surface area contributed by atoms with Gasteiger partial charge in [0.05, 0.1) is 12.6 Å². The van der Waals surface area contributed by atoms with Crippen molar-refractivity contribution in [1.29, 1.82) is 0 Å². The number of unbranched alkanes of at least 4 members (excludes halogenated alkanes) is 1. The Kier molecular flexibility index (Phi) is 5.30. The van der Waals surface area contributed by atoms with E-state index in [0.717, 1.165) is 38.9 Å². The first-order valence-corrected chi connectivity index (χ1v) is 7.17. The number of hydrogen-bond donors (Lipinski definition) is 1. The molecule has 1 saturated heterocycles. The Labute approximate surface area is 114 Å². The third-order valence-electron chi connectivity index (χ3n) is 3.53. The third-order valence-corrected chi connectivity index (χ3v) is 3.53. The van der Waals surface area contributed by atoms with Crippen LogP contribution in [-0.4, -0.2) is 41.3 Å². The van der Waals surface area contributed by atoms with E-state index in [1.165, 1.54) is 0 Å². The Bertz CT molecular complexity index is 382. The van der Waals surface area contributed by atoms with Crippen LogP contribution in [0.3, 0.4) is 0 Å². The number of nitrogens with two attached hydrogens (primary N) is 1. The molecule has 1 aromatic heterocycles. The van der Waals surface area contributed by atoms with Crippen molar-refractivity contribution in [2.45, 2.75) is 45.3 Å². The fourth-order valence-corrected chi connectivity index (χ4v) is 2.22. The lowest BCUT2D eigenvalue weighted by molar-refractivity contribution is -0.0334. The SMILES string of the molecule is CCCC[C@H](N)c1nc(C2CN(CC)CCO2)no1. The van der Waals surface area contributed by atoms with Crippen LogP contribution in [-0.2, 0) is 4.74 Å². The summed E-state index contributed by atoms with van der Waals surface area (Å²) in [6.07, 6.45) is 2.98. The van der Waals surface area contributed by atoms with Crippen LogP contribution in [0.2, 0.25) is 0 Å². The van der Waals surface area contributed by atoms with Crippen molar-refractivity contribution in [2.75, 3.05) is 26.2 Å². The van der Waals surface area contributed by atoms with Gasteiger partial charge in [-0.15, -0.1) is 0 Å². The average molecular weight is 268 g/mol. The standard InChI is InChI=1S/C13H24N4O2/c1-3-5-6-10(14)13-15-12(16-19-13)11-9-17(4-2)7-8-18-11/h10-11H,3-9,14H2,1-2H3/t10-,11?/m0/s1. The quantitative estimate of drug-likeness (QED) is 0.845. The minimum atomic E-state index is -0.160. The highest BCUT2D eigenvalue weighted by Gasteiger charge is 2.26. The van der Waals surface area contributed by atoms with E-state index < -0.39 is 0 Å². The molecule has 2 heterocycles. The maximum atomic E-state index is 6.03. The zero-order valence-electron chi connectivity index (χ0n) is 11.8. The van der Waals surface area contributed by atoms with Crippen LogP contribution >= 0.6 is 0 Å². The molecule has 0 bridgehead atoms. The van der Waals surface area contributed by atoms with Gasteiger partial charge in [0.1, 0.15) is 6.10 Å². The fourth-order valence-electron chi connectivity index (χ4n) is 2.22. The smallest absolute Gasteiger partial charge is 0.243 e. The van der Waals surface area contributed by atoms with Crippen molar-refractivity contribution in [3.8, 4) is 0 Å². The maximum Gasteiger partial charge on any atom is 0.243 e. The molecule has 0 saturated carbocycles. The van der Waals surface area contributed by atoms with Gasteiger partial charge in [0.2, 0.25) is 11.7 Å². The van der Waals surface area contributed by atoms with Crippen molar-refractivity contribution in [3.05, 3.63) is 11.7 Å². The summed E-state index contributed by atoms with van der Waals surface area (Å²) in [4.78, 5) is 6.72. The second kappa shape index (κ2) is 6.98. The summed E-state index contributed by atoms with van der Waals surface area (Å²) in [7, 11) is 0. The van der Waals surface area contributed by atoms with Gasteiger partial charge in [0, 0.05) is 13.1 Å². The van der Waals surface area contributed by atoms with Gasteiger partial charge in [-0.25, -0.2) is 0 Å². The van der Waals surface area contributed by atoms with E-state index in [4.69, 9.17) is 15.0 Å². The molecule has 2 rings (SSSR count). The minimum Gasteiger partial charge on any atom is -0.367 e. The molecule has 6 nitrogen and oxygen atoms in total. The summed E-state index contributed by atoms with van der Waals surface area (Å²) in [5, 5.41) is 4.02. The van der Waals surface area contributed by atoms with E-state index in [-0.39, 0.29) is 12.1 Å². The number of ether oxygens (including phenoxy) is 1. The second-order valence-electron chi connectivity index (χ2n) is 4.99. The van der Waals surface area contributed by atoms with E-state index in [0.29, 0.717) is 18.3 Å². The predicted octanol–water partition coefficient (Wildman–Crippen LogP) is 1.65. The lowest BCUT2D eigenvalue weighted by Crippen LogP contribution is -2.38. The van der Waals surface area contributed by atoms with Crippen LogP contribution in [0, 0.1) is 0 Å². The van der Waals surface area contributed by atoms with Gasteiger partial charge in [-0.05, 0) is 13.0 Å². The maximum absolute atomic E-state index is 6.03. The third kappa shape index (κ3) is 3.75. The molecular weight excluding hydrogens is 244 g/mol. The molecule has 1 unspecified atom stereocenters. The van der Waals surface area contributed by atoms with Crippen molar-refractivity contribution in [3.63, 3.8) is 0 Å². The molecule has 1 fully saturated rings. The summed E-state index contributed by atoms with van der Waals surface area (Å²) >= 11 is 0. The van der Waals surface area contributed by atoms with Gasteiger partial charge < -0.3 is 15.0 Å². The highest BCUT2D eigenvalue weighted by atomic mass is 16.5. The Balaban J connectivity index is 1.96. The molecule has 19 heavy (non-hydrogen) atoms. The lowest BCUT2D eigenvalue weighted by Gasteiger charge is -2.30. The number of rotatable bonds is 6. The molecule has 0 amide bonds. The van der Waals surface area contributed by atoms with Gasteiger partial charge in [-0.3, -0.25) is 4.90 Å². The summed E-state index contributed by atoms with van der Waals surface area (Å²) in [5.41, 5.74) is 6.03. The lowest BCUT2D eigenvalue weighted by atomic mass is 10.1. The molecule has 2 atom stereocenters. The summed E-state index contributed by atoms with van der Waals surface area (Å²) < 4.78 is 11.0. The van der Waals surface area contributed by atoms with Gasteiger partial charge in [-0.1, -0.05) is 31.8 Å². The second-order valence-corrected chi connectivity index (χ2v) is 4.99. The average Bonchev–Trinajstić information content (AvgIpc) is 2.94. The largest absolute Gasteiger partial charge is 0.367 e. The molecule has 1 aromatic rings. The Morgan fingerprint density at radius 3 is 3.05 bits per heavy atom. The first-order valence-electron chi connectivity index (χ1n) is 7.17. The van der Waals surface area contributed by atoms with E-state index >= 15 is 0 Å². The van der Waals surface area contributed by atoms with E-state index in [1.807, 2.05) is 0 Å². The van der Waals surface area contributed by atoms with Gasteiger partial charge in [-0.2, -0.15) is 4.98 Å². The summed E-state index contributed by atoms with van der Waals surface area (Å²) in [5.74, 6) is 1.15. The topological polar surface area (TPSA) is 77.4 Å². The molecular formula is C13H24N4O2. The van der Waals surface area contributed by atoms with Crippen molar-refractivity contribution in [1.82, 2.24) is 15.0 Å². The van der Waals surface area contributed by atoms with E-state index in [1.54, 1.807) is 0 Å². The zero-order chi connectivity index (χ0) is 13.7. The summed E-state index contributed by atoms with van der Waals surface area (Å²) in [6, 6.07) is -0.160. The number of morpholine rings is 1. The zero-order valence-corrected chi connectivity index (χ0v) is 11.8. The molecule has 0 spiro atoms. The Morgan fingerprint density at radius 2 is 2.32 bits per heavy atom. The van der Waals surface area contributed by atoms with Crippen LogP contribution in [0.25, 0.3) is 0 Å². The highest BCUT2D eigenvalue weighted by molar-refractivity contribution is 4.97. The predicted molar refractivity (Wildman–Crippen MR) is 71.6 cm³/mol. The summed E-state index contributed by atoms with van der Waals surface area (Å²) in [6.45, 7) is 7.80. The van der Waals surface area contributed by atoms with Gasteiger partial charge in [0.15, 0.2) is 0 Å². The monoisotopic (exact) mass is 268 g/mol. The number of nitrogens with zero attached hydrogens (tertiary/aromatic N) is 3. The van der Waals surface area contributed by atoms with Gasteiger partial charge >= 0.3 is 0 Å². The first-order chi connectivity index (χ1) is 9.24. The van der Waals surface area contributed by atoms with Crippen molar-refractivity contribution < 1.29 is 9.26 Å². The molecule has 2 N–H and O–H groups in total. The van der Waals surface area contributed by atoms with Crippen LogP contribution in [0.5, 0.6) is 0 Å². The number of likely N-dealkylation sites (N-methyl/N-ethyl adjacent to an activating group) is 1. The molecule has 6 heteroatoms. The molecule has 108 valence electrons. The number of hydrogen-bond acceptors (Lipinski definition) is 6. The van der Waals surface area contributed by atoms with Crippen LogP contribution in [0.1, 0.15) is 57.0 Å².